The number of benzene rings is 1. The van der Waals surface area contributed by atoms with Crippen molar-refractivity contribution in [1.29, 1.82) is 0 Å². The predicted molar refractivity (Wildman–Crippen MR) is 173 cm³/mol. The van der Waals surface area contributed by atoms with Crippen LogP contribution in [0.4, 0.5) is 11.5 Å². The molecule has 2 unspecified atom stereocenters. The third kappa shape index (κ3) is 6.63. The third-order valence-electron chi connectivity index (χ3n) is 9.52. The van der Waals surface area contributed by atoms with Crippen LogP contribution in [0.25, 0.3) is 0 Å². The van der Waals surface area contributed by atoms with Crippen LogP contribution >= 0.6 is 11.6 Å². The molecule has 0 spiro atoms. The van der Waals surface area contributed by atoms with Gasteiger partial charge in [-0.25, -0.2) is 4.57 Å². The van der Waals surface area contributed by atoms with E-state index in [1.165, 1.54) is 22.4 Å². The number of para-hydroxylation sites is 1. The molecule has 0 radical (unpaired) electrons. The molecule has 2 atom stereocenters. The van der Waals surface area contributed by atoms with Crippen molar-refractivity contribution in [3.8, 4) is 0 Å². The number of carboxylic acid groups (broad SMARTS) is 1. The first-order chi connectivity index (χ1) is 20.0. The van der Waals surface area contributed by atoms with Gasteiger partial charge in [0.15, 0.2) is 5.71 Å². The quantitative estimate of drug-likeness (QED) is 0.228. The van der Waals surface area contributed by atoms with Crippen LogP contribution in [0.2, 0.25) is 0 Å². The van der Waals surface area contributed by atoms with Gasteiger partial charge < -0.3 is 22.4 Å². The lowest BCUT2D eigenvalue weighted by Gasteiger charge is -2.33. The van der Waals surface area contributed by atoms with Crippen LogP contribution in [0.1, 0.15) is 83.8 Å². The zero-order valence-corrected chi connectivity index (χ0v) is 27.6. The average molecular weight is 623 g/mol. The molecule has 5 nitrogen and oxygen atoms in total. The highest BCUT2D eigenvalue weighted by atomic mass is 35.5. The topological polar surface area (TPSA) is 56.8 Å². The van der Waals surface area contributed by atoms with Crippen LogP contribution < -0.4 is 21.9 Å². The van der Waals surface area contributed by atoms with Gasteiger partial charge in [0.2, 0.25) is 0 Å². The summed E-state index contributed by atoms with van der Waals surface area (Å²) in [5.41, 5.74) is 6.00. The lowest BCUT2D eigenvalue weighted by molar-refractivity contribution is -0.658. The molecule has 0 fully saturated rings. The Hall–Kier alpha value is -2.89. The van der Waals surface area contributed by atoms with Crippen molar-refractivity contribution in [3.63, 3.8) is 0 Å². The van der Waals surface area contributed by atoms with E-state index in [0.29, 0.717) is 0 Å². The van der Waals surface area contributed by atoms with Gasteiger partial charge in [-0.3, -0.25) is 4.79 Å². The number of fused-ring (bicyclic) bond motifs is 2. The lowest BCUT2D eigenvalue weighted by atomic mass is 9.79. The van der Waals surface area contributed by atoms with Crippen molar-refractivity contribution in [1.82, 2.24) is 0 Å². The molecular weight excluding hydrogens is 577 g/mol. The fourth-order valence-electron chi connectivity index (χ4n) is 6.93. The van der Waals surface area contributed by atoms with Crippen LogP contribution in [0.15, 0.2) is 82.5 Å². The first-order valence-corrected chi connectivity index (χ1v) is 15.8. The van der Waals surface area contributed by atoms with E-state index < -0.39 is 5.97 Å². The number of pyridine rings is 1. The summed E-state index contributed by atoms with van der Waals surface area (Å²) < 4.78 is 2.09. The number of hydrogen-bond donors (Lipinski definition) is 1. The minimum atomic E-state index is -0.714. The second-order valence-corrected chi connectivity index (χ2v) is 13.6. The summed E-state index contributed by atoms with van der Waals surface area (Å²) in [6.07, 6.45) is 17.2. The summed E-state index contributed by atoms with van der Waals surface area (Å²) in [5.74, 6) is 0.512. The van der Waals surface area contributed by atoms with Crippen LogP contribution in [0.5, 0.6) is 0 Å². The Morgan fingerprint density at radius 3 is 2.56 bits per heavy atom. The monoisotopic (exact) mass is 621 g/mol. The van der Waals surface area contributed by atoms with Gasteiger partial charge in [0, 0.05) is 35.0 Å². The fraction of sp³-hybridized carbons (Fsp3) is 0.472. The van der Waals surface area contributed by atoms with Crippen LogP contribution in [0.3, 0.4) is 0 Å². The molecule has 5 rings (SSSR count). The highest BCUT2D eigenvalue weighted by Crippen LogP contribution is 2.46. The second kappa shape index (κ2) is 13.4. The largest absolute Gasteiger partial charge is 1.00 e. The minimum Gasteiger partial charge on any atom is -1.00 e. The first-order valence-electron chi connectivity index (χ1n) is 15.4. The predicted octanol–water partition coefficient (Wildman–Crippen LogP) is 5.10. The smallest absolute Gasteiger partial charge is 0.327 e. The Kier molecular flexibility index (Phi) is 10.3. The summed E-state index contributed by atoms with van der Waals surface area (Å²) in [6.45, 7) is 10.1. The van der Waals surface area contributed by atoms with E-state index in [1.807, 2.05) is 13.2 Å². The Labute approximate surface area is 268 Å². The molecule has 0 bridgehead atoms. The number of carbonyl (C=O) groups is 1. The number of aryl methyl sites for hydroxylation is 1. The number of anilines is 1. The zero-order chi connectivity index (χ0) is 30.1. The molecule has 0 saturated carbocycles. The molecule has 2 aromatic rings. The first kappa shape index (κ1) is 33.0. The van der Waals surface area contributed by atoms with Gasteiger partial charge in [-0.05, 0) is 86.4 Å². The number of allylic oxidation sites excluding steroid dienone is 5. The van der Waals surface area contributed by atoms with Crippen molar-refractivity contribution in [2.24, 2.45) is 18.0 Å². The van der Waals surface area contributed by atoms with Gasteiger partial charge in [-0.15, -0.1) is 0 Å². The summed E-state index contributed by atoms with van der Waals surface area (Å²) in [6, 6.07) is 13.2. The molecule has 1 N–H and O–H groups in total. The number of unbranched alkanes of at least 4 members (excludes halogenated alkanes) is 2. The zero-order valence-electron chi connectivity index (χ0n) is 26.1. The number of halogens is 2. The molecule has 2 aliphatic heterocycles. The Balaban J connectivity index is 0.00000423. The Bertz CT molecular complexity index is 1470. The van der Waals surface area contributed by atoms with Gasteiger partial charge in [-0.2, -0.15) is 0 Å². The lowest BCUT2D eigenvalue weighted by Crippen LogP contribution is -3.00. The summed E-state index contributed by atoms with van der Waals surface area (Å²) in [4.78, 5) is 18.5. The van der Waals surface area contributed by atoms with Crippen molar-refractivity contribution in [2.75, 3.05) is 11.4 Å². The molecule has 1 aromatic heterocycles. The van der Waals surface area contributed by atoms with Gasteiger partial charge in [0.05, 0.1) is 30.3 Å². The normalized spacial score (nSPS) is 22.1. The average Bonchev–Trinajstić information content (AvgIpc) is 3.34. The van der Waals surface area contributed by atoms with E-state index in [2.05, 4.69) is 97.9 Å². The molecule has 0 amide bonds. The third-order valence-corrected chi connectivity index (χ3v) is 10.0. The molecule has 3 heterocycles. The summed E-state index contributed by atoms with van der Waals surface area (Å²) in [5, 5.41) is 9.96. The number of aromatic nitrogens is 1. The van der Waals surface area contributed by atoms with E-state index in [9.17, 15) is 4.79 Å². The maximum atomic E-state index is 11.0. The summed E-state index contributed by atoms with van der Waals surface area (Å²) in [7, 11) is 2.05. The number of nitrogens with zero attached hydrogens (tertiary/aromatic N) is 3. The molecule has 3 aliphatic rings. The Morgan fingerprint density at radius 1 is 1.07 bits per heavy atom. The maximum Gasteiger partial charge on any atom is 0.327 e. The highest BCUT2D eigenvalue weighted by Gasteiger charge is 2.43. The number of hydrogen-bond acceptors (Lipinski definition) is 3. The van der Waals surface area contributed by atoms with Crippen molar-refractivity contribution in [3.05, 3.63) is 88.6 Å². The van der Waals surface area contributed by atoms with E-state index in [4.69, 9.17) is 21.7 Å². The SMILES string of the molecule is C[n+]1cccc2c1N=C(/C=C/C1=C(Cl)C(/C=C/C3N(CCCCCC(=O)O)c4ccccc4C3(C)C)CCC1)C2(C)C.[Cl-]. The summed E-state index contributed by atoms with van der Waals surface area (Å²) >= 11 is 7.12. The molecular formula is C36H45Cl2N3O2. The van der Waals surface area contributed by atoms with Crippen LogP contribution in [0, 0.1) is 5.92 Å². The van der Waals surface area contributed by atoms with Crippen molar-refractivity contribution >= 4 is 34.8 Å². The fourth-order valence-corrected chi connectivity index (χ4v) is 7.27. The molecule has 43 heavy (non-hydrogen) atoms. The van der Waals surface area contributed by atoms with Gasteiger partial charge >= 0.3 is 11.8 Å². The Morgan fingerprint density at radius 2 is 1.81 bits per heavy atom. The van der Waals surface area contributed by atoms with Gasteiger partial charge in [-0.1, -0.05) is 68.3 Å². The number of rotatable bonds is 10. The van der Waals surface area contributed by atoms with Crippen molar-refractivity contribution < 1.29 is 26.9 Å². The molecule has 230 valence electrons. The van der Waals surface area contributed by atoms with E-state index in [1.54, 1.807) is 0 Å². The number of aliphatic carboxylic acids is 1. The van der Waals surface area contributed by atoms with Crippen molar-refractivity contribution in [2.45, 2.75) is 89.5 Å². The minimum absolute atomic E-state index is 0. The van der Waals surface area contributed by atoms with E-state index >= 15 is 0 Å². The second-order valence-electron chi connectivity index (χ2n) is 13.2. The molecule has 1 aromatic carbocycles. The number of aliphatic imine (C=N–C) groups is 1. The number of carboxylic acids is 1. The highest BCUT2D eigenvalue weighted by molar-refractivity contribution is 6.30. The maximum absolute atomic E-state index is 11.0. The standard InChI is InChI=1S/C36H44ClN3O2.ClH/c1-35(2)28-16-12-23-39(5)34(28)38-30(35)21-19-25-13-11-14-26(33(25)37)20-22-31-36(3,4)27-15-8-9-17-29(27)40(31)24-10-6-7-18-32(41)42;/h8-9,12,15-17,19-23,26,31H,6-7,10-11,13-14,18,24H2,1-5H3;1H/b21-19+,22-20+;. The van der Waals surface area contributed by atoms with Crippen LogP contribution in [-0.2, 0) is 22.7 Å². The molecule has 1 aliphatic carbocycles. The van der Waals surface area contributed by atoms with Crippen LogP contribution in [-0.4, -0.2) is 29.4 Å². The van der Waals surface area contributed by atoms with Gasteiger partial charge in [0.1, 0.15) is 0 Å². The molecule has 0 saturated heterocycles. The van der Waals surface area contributed by atoms with E-state index in [-0.39, 0.29) is 41.6 Å². The van der Waals surface area contributed by atoms with E-state index in [0.717, 1.165) is 61.6 Å². The molecule has 7 heteroatoms. The van der Waals surface area contributed by atoms with Gasteiger partial charge in [0.25, 0.3) is 0 Å².